The Morgan fingerprint density at radius 1 is 1.37 bits per heavy atom. The minimum absolute atomic E-state index is 0.185. The minimum atomic E-state index is -0.365. The van der Waals surface area contributed by atoms with Crippen LogP contribution in [0.5, 0.6) is 0 Å². The lowest BCUT2D eigenvalue weighted by molar-refractivity contribution is 0.0950. The topological polar surface area (TPSA) is 42.0 Å². The smallest absolute Gasteiger partial charge is 0.252 e. The van der Waals surface area contributed by atoms with Crippen LogP contribution in [-0.2, 0) is 0 Å². The van der Waals surface area contributed by atoms with Crippen LogP contribution < -0.4 is 5.32 Å². The van der Waals surface area contributed by atoms with E-state index in [1.165, 1.54) is 12.1 Å². The number of nitrogens with zero attached hydrogens (tertiary/aromatic N) is 1. The zero-order chi connectivity index (χ0) is 14.0. The predicted octanol–water partition coefficient (Wildman–Crippen LogP) is 3.07. The van der Waals surface area contributed by atoms with Gasteiger partial charge >= 0.3 is 0 Å². The second-order valence-corrected chi connectivity index (χ2v) is 5.08. The van der Waals surface area contributed by atoms with Crippen molar-refractivity contribution in [1.29, 1.82) is 0 Å². The summed E-state index contributed by atoms with van der Waals surface area (Å²) in [6.45, 7) is 6.46. The largest absolute Gasteiger partial charge is 0.352 e. The Hall–Kier alpha value is -1.97. The van der Waals surface area contributed by atoms with Gasteiger partial charge in [-0.3, -0.25) is 9.78 Å². The molecule has 0 atom stereocenters. The van der Waals surface area contributed by atoms with Gasteiger partial charge in [-0.2, -0.15) is 0 Å². The lowest BCUT2D eigenvalue weighted by Gasteiger charge is -2.10. The zero-order valence-electron chi connectivity index (χ0n) is 11.3. The van der Waals surface area contributed by atoms with Crippen LogP contribution in [0.3, 0.4) is 0 Å². The maximum atomic E-state index is 13.3. The number of amides is 1. The molecule has 19 heavy (non-hydrogen) atoms. The monoisotopic (exact) mass is 260 g/mol. The average molecular weight is 260 g/mol. The van der Waals surface area contributed by atoms with Crippen molar-refractivity contribution in [3.63, 3.8) is 0 Å². The first-order chi connectivity index (χ1) is 8.97. The van der Waals surface area contributed by atoms with Crippen molar-refractivity contribution >= 4 is 16.8 Å². The molecule has 100 valence electrons. The Labute approximate surface area is 111 Å². The molecule has 0 saturated heterocycles. The Bertz CT molecular complexity index is 623. The summed E-state index contributed by atoms with van der Waals surface area (Å²) < 4.78 is 13.3. The second-order valence-electron chi connectivity index (χ2n) is 5.08. The van der Waals surface area contributed by atoms with Crippen molar-refractivity contribution in [2.24, 2.45) is 5.92 Å². The van der Waals surface area contributed by atoms with Gasteiger partial charge in [0.1, 0.15) is 5.82 Å². The molecule has 0 radical (unpaired) electrons. The highest BCUT2D eigenvalue weighted by Gasteiger charge is 2.12. The fourth-order valence-corrected chi connectivity index (χ4v) is 1.91. The molecule has 0 fully saturated rings. The van der Waals surface area contributed by atoms with Gasteiger partial charge in [-0.15, -0.1) is 0 Å². The van der Waals surface area contributed by atoms with E-state index in [4.69, 9.17) is 0 Å². The number of carbonyl (C=O) groups excluding carboxylic acids is 1. The van der Waals surface area contributed by atoms with Gasteiger partial charge < -0.3 is 5.32 Å². The number of aryl methyl sites for hydroxylation is 1. The molecular weight excluding hydrogens is 243 g/mol. The molecule has 3 nitrogen and oxygen atoms in total. The number of fused-ring (bicyclic) bond motifs is 1. The van der Waals surface area contributed by atoms with Gasteiger partial charge in [0.15, 0.2) is 0 Å². The molecule has 2 rings (SSSR count). The van der Waals surface area contributed by atoms with E-state index in [9.17, 15) is 9.18 Å². The number of aromatic nitrogens is 1. The number of pyridine rings is 1. The number of benzene rings is 1. The lowest BCUT2D eigenvalue weighted by Crippen LogP contribution is -2.27. The summed E-state index contributed by atoms with van der Waals surface area (Å²) in [6.07, 6.45) is 0. The van der Waals surface area contributed by atoms with Crippen LogP contribution in [-0.4, -0.2) is 17.4 Å². The third-order valence-corrected chi connectivity index (χ3v) is 2.81. The Morgan fingerprint density at radius 2 is 2.11 bits per heavy atom. The van der Waals surface area contributed by atoms with Gasteiger partial charge in [-0.1, -0.05) is 13.8 Å². The van der Waals surface area contributed by atoms with Crippen molar-refractivity contribution in [1.82, 2.24) is 10.3 Å². The molecular formula is C15H17FN2O. The average Bonchev–Trinajstić information content (AvgIpc) is 2.35. The second kappa shape index (κ2) is 5.34. The molecule has 1 heterocycles. The first kappa shape index (κ1) is 13.5. The number of hydrogen-bond acceptors (Lipinski definition) is 2. The van der Waals surface area contributed by atoms with E-state index in [0.29, 0.717) is 28.9 Å². The summed E-state index contributed by atoms with van der Waals surface area (Å²) in [5.41, 5.74) is 1.85. The first-order valence-electron chi connectivity index (χ1n) is 6.32. The van der Waals surface area contributed by atoms with E-state index in [0.717, 1.165) is 5.69 Å². The highest BCUT2D eigenvalue weighted by atomic mass is 19.1. The van der Waals surface area contributed by atoms with E-state index < -0.39 is 0 Å². The summed E-state index contributed by atoms with van der Waals surface area (Å²) in [4.78, 5) is 16.5. The summed E-state index contributed by atoms with van der Waals surface area (Å²) in [6, 6.07) is 5.99. The van der Waals surface area contributed by atoms with Crippen LogP contribution in [0.4, 0.5) is 4.39 Å². The molecule has 0 unspecified atom stereocenters. The Balaban J connectivity index is 2.46. The van der Waals surface area contributed by atoms with Crippen LogP contribution in [0, 0.1) is 18.7 Å². The van der Waals surface area contributed by atoms with Gasteiger partial charge in [0, 0.05) is 17.6 Å². The van der Waals surface area contributed by atoms with Crippen LogP contribution >= 0.6 is 0 Å². The molecule has 0 saturated carbocycles. The molecule has 1 aromatic carbocycles. The van der Waals surface area contributed by atoms with E-state index >= 15 is 0 Å². The molecule has 1 amide bonds. The van der Waals surface area contributed by atoms with Crippen molar-refractivity contribution in [3.8, 4) is 0 Å². The van der Waals surface area contributed by atoms with Gasteiger partial charge in [-0.25, -0.2) is 4.39 Å². The maximum absolute atomic E-state index is 13.3. The third-order valence-electron chi connectivity index (χ3n) is 2.81. The van der Waals surface area contributed by atoms with Crippen LogP contribution in [0.2, 0.25) is 0 Å². The quantitative estimate of drug-likeness (QED) is 0.921. The van der Waals surface area contributed by atoms with Gasteiger partial charge in [0.2, 0.25) is 0 Å². The third kappa shape index (κ3) is 3.08. The summed E-state index contributed by atoms with van der Waals surface area (Å²) in [5.74, 6) is -0.180. The highest BCUT2D eigenvalue weighted by Crippen LogP contribution is 2.19. The van der Waals surface area contributed by atoms with Crippen molar-refractivity contribution in [2.75, 3.05) is 6.54 Å². The summed E-state index contributed by atoms with van der Waals surface area (Å²) in [7, 11) is 0. The predicted molar refractivity (Wildman–Crippen MR) is 73.6 cm³/mol. The van der Waals surface area contributed by atoms with Crippen molar-refractivity contribution < 1.29 is 9.18 Å². The molecule has 1 aromatic heterocycles. The normalized spacial score (nSPS) is 11.0. The van der Waals surface area contributed by atoms with E-state index in [1.54, 1.807) is 12.1 Å². The van der Waals surface area contributed by atoms with E-state index in [1.807, 2.05) is 20.8 Å². The standard InChI is InChI=1S/C15H17FN2O/c1-9(2)8-17-15(19)13-6-10(3)18-14-5-4-11(16)7-12(13)14/h4-7,9H,8H2,1-3H3,(H,17,19). The fraction of sp³-hybridized carbons (Fsp3) is 0.333. The SMILES string of the molecule is Cc1cc(C(=O)NCC(C)C)c2cc(F)ccc2n1. The molecule has 2 aromatic rings. The molecule has 0 aliphatic rings. The molecule has 0 aliphatic carbocycles. The van der Waals surface area contributed by atoms with Crippen LogP contribution in [0.1, 0.15) is 29.9 Å². The Kier molecular flexibility index (Phi) is 3.79. The molecule has 4 heteroatoms. The minimum Gasteiger partial charge on any atom is -0.352 e. The number of nitrogens with one attached hydrogen (secondary N) is 1. The number of hydrogen-bond donors (Lipinski definition) is 1. The van der Waals surface area contributed by atoms with Crippen molar-refractivity contribution in [3.05, 3.63) is 41.3 Å². The highest BCUT2D eigenvalue weighted by molar-refractivity contribution is 6.06. The van der Waals surface area contributed by atoms with Crippen molar-refractivity contribution in [2.45, 2.75) is 20.8 Å². The number of carbonyl (C=O) groups is 1. The summed E-state index contributed by atoms with van der Waals surface area (Å²) in [5, 5.41) is 3.40. The maximum Gasteiger partial charge on any atom is 0.252 e. The van der Waals surface area contributed by atoms with E-state index in [-0.39, 0.29) is 11.7 Å². The fourth-order valence-electron chi connectivity index (χ4n) is 1.91. The zero-order valence-corrected chi connectivity index (χ0v) is 11.3. The van der Waals surface area contributed by atoms with Crippen LogP contribution in [0.15, 0.2) is 24.3 Å². The molecule has 0 aliphatic heterocycles. The van der Waals surface area contributed by atoms with Gasteiger partial charge in [0.05, 0.1) is 11.1 Å². The van der Waals surface area contributed by atoms with Gasteiger partial charge in [-0.05, 0) is 37.1 Å². The van der Waals surface area contributed by atoms with E-state index in [2.05, 4.69) is 10.3 Å². The molecule has 0 spiro atoms. The lowest BCUT2D eigenvalue weighted by atomic mass is 10.1. The first-order valence-corrected chi connectivity index (χ1v) is 6.32. The van der Waals surface area contributed by atoms with Gasteiger partial charge in [0.25, 0.3) is 5.91 Å². The Morgan fingerprint density at radius 3 is 2.79 bits per heavy atom. The molecule has 0 bridgehead atoms. The number of rotatable bonds is 3. The number of halogens is 1. The van der Waals surface area contributed by atoms with Crippen LogP contribution in [0.25, 0.3) is 10.9 Å². The summed E-state index contributed by atoms with van der Waals surface area (Å²) >= 11 is 0. The molecule has 1 N–H and O–H groups in total.